The number of amides is 2. The fourth-order valence-corrected chi connectivity index (χ4v) is 7.95. The van der Waals surface area contributed by atoms with Crippen molar-refractivity contribution < 1.29 is 54.4 Å². The molecule has 300 valence electrons. The standard InChI is InChI=1S/C37H51F3N4O9S/c1-20-16-22-12-10-9-11-13-25-31(42-26-18-23(14-15-24(26)41-25)53-54(48,49)37(38,39)40)50-28-19-44(29(21(28)2)33(46)52-36(6,7)8)32(45)30(35(3,4)5)43-34(47)51-27(22)17-20/h14-15,18,20-22,27-30H,9-13,16-17,19H2,1-8H3,(H,43,47)/t20-,21-,22-,27-,28+,29+,30-/m1/s1. The monoisotopic (exact) mass is 784 g/mol. The highest BCUT2D eigenvalue weighted by Crippen LogP contribution is 2.38. The van der Waals surface area contributed by atoms with E-state index in [9.17, 15) is 36.0 Å². The lowest BCUT2D eigenvalue weighted by atomic mass is 9.85. The summed E-state index contributed by atoms with van der Waals surface area (Å²) in [5, 5.41) is 2.82. The normalized spacial score (nSPS) is 27.8. The van der Waals surface area contributed by atoms with Crippen molar-refractivity contribution in [3.05, 3.63) is 23.9 Å². The number of carbonyl (C=O) groups is 3. The molecule has 0 spiro atoms. The highest BCUT2D eigenvalue weighted by molar-refractivity contribution is 7.88. The van der Waals surface area contributed by atoms with E-state index in [1.165, 1.54) is 11.0 Å². The second-order valence-corrected chi connectivity index (χ2v) is 18.5. The van der Waals surface area contributed by atoms with Crippen LogP contribution in [0.5, 0.6) is 11.6 Å². The number of benzene rings is 1. The van der Waals surface area contributed by atoms with Gasteiger partial charge in [-0.15, -0.1) is 0 Å². The lowest BCUT2D eigenvalue weighted by Crippen LogP contribution is -2.58. The number of halogens is 3. The number of carbonyl (C=O) groups excluding carboxylic acids is 3. The van der Waals surface area contributed by atoms with Crippen LogP contribution in [0.2, 0.25) is 0 Å². The number of fused-ring (bicyclic) bond motifs is 5. The van der Waals surface area contributed by atoms with Gasteiger partial charge in [0.25, 0.3) is 0 Å². The second kappa shape index (κ2) is 15.3. The summed E-state index contributed by atoms with van der Waals surface area (Å²) in [6.45, 7) is 14.3. The van der Waals surface area contributed by atoms with E-state index >= 15 is 0 Å². The summed E-state index contributed by atoms with van der Waals surface area (Å²) in [5.74, 6) is -1.99. The van der Waals surface area contributed by atoms with E-state index in [2.05, 4.69) is 21.4 Å². The van der Waals surface area contributed by atoms with Crippen LogP contribution >= 0.6 is 0 Å². The van der Waals surface area contributed by atoms with Crippen LogP contribution in [0, 0.1) is 23.2 Å². The number of alkyl halides is 3. The number of alkyl carbamates (subject to hydrolysis) is 1. The average Bonchev–Trinajstić information content (AvgIpc) is 3.54. The Morgan fingerprint density at radius 2 is 1.65 bits per heavy atom. The molecule has 2 amide bonds. The van der Waals surface area contributed by atoms with Crippen molar-refractivity contribution in [1.82, 2.24) is 20.2 Å². The van der Waals surface area contributed by atoms with E-state index in [4.69, 9.17) is 19.2 Å². The second-order valence-electron chi connectivity index (χ2n) is 16.9. The molecule has 1 aromatic carbocycles. The fraction of sp³-hybridized carbons (Fsp3) is 0.703. The number of nitrogens with one attached hydrogen (secondary N) is 1. The molecule has 54 heavy (non-hydrogen) atoms. The third-order valence-corrected chi connectivity index (χ3v) is 11.1. The number of nitrogens with zero attached hydrogens (tertiary/aromatic N) is 3. The summed E-state index contributed by atoms with van der Waals surface area (Å²) in [7, 11) is -5.95. The number of hydrogen-bond donors (Lipinski definition) is 1. The molecule has 2 fully saturated rings. The number of hydrogen-bond acceptors (Lipinski definition) is 11. The Hall–Kier alpha value is -3.89. The molecule has 1 N–H and O–H groups in total. The Balaban J connectivity index is 1.57. The van der Waals surface area contributed by atoms with Gasteiger partial charge in [-0.3, -0.25) is 4.79 Å². The summed E-state index contributed by atoms with van der Waals surface area (Å²) >= 11 is 0. The molecule has 5 rings (SSSR count). The Bertz CT molecular complexity index is 1840. The molecular weight excluding hydrogens is 733 g/mol. The van der Waals surface area contributed by atoms with Gasteiger partial charge in [0.2, 0.25) is 11.8 Å². The van der Waals surface area contributed by atoms with Gasteiger partial charge in [0, 0.05) is 12.0 Å². The molecular formula is C37H51F3N4O9S. The van der Waals surface area contributed by atoms with Crippen molar-refractivity contribution in [3.8, 4) is 11.6 Å². The highest BCUT2D eigenvalue weighted by atomic mass is 32.2. The van der Waals surface area contributed by atoms with Crippen molar-refractivity contribution in [3.63, 3.8) is 0 Å². The van der Waals surface area contributed by atoms with Crippen LogP contribution < -0.4 is 14.2 Å². The highest BCUT2D eigenvalue weighted by Gasteiger charge is 2.52. The van der Waals surface area contributed by atoms with Gasteiger partial charge in [0.1, 0.15) is 41.3 Å². The lowest BCUT2D eigenvalue weighted by molar-refractivity contribution is -0.165. The smallest absolute Gasteiger partial charge is 0.471 e. The van der Waals surface area contributed by atoms with E-state index in [0.717, 1.165) is 37.8 Å². The van der Waals surface area contributed by atoms with E-state index in [0.29, 0.717) is 30.9 Å². The zero-order valence-electron chi connectivity index (χ0n) is 32.0. The molecule has 2 aliphatic heterocycles. The minimum Gasteiger partial charge on any atom is -0.471 e. The van der Waals surface area contributed by atoms with Crippen molar-refractivity contribution in [2.75, 3.05) is 6.54 Å². The van der Waals surface area contributed by atoms with Gasteiger partial charge in [-0.2, -0.15) is 21.6 Å². The molecule has 13 nitrogen and oxygen atoms in total. The maximum absolute atomic E-state index is 14.6. The number of aryl methyl sites for hydroxylation is 1. The number of ether oxygens (including phenoxy) is 3. The van der Waals surface area contributed by atoms with Gasteiger partial charge in [0.05, 0.1) is 17.6 Å². The number of aromatic nitrogens is 2. The molecule has 0 radical (unpaired) electrons. The molecule has 2 bridgehead atoms. The van der Waals surface area contributed by atoms with Crippen molar-refractivity contribution in [1.29, 1.82) is 0 Å². The summed E-state index contributed by atoms with van der Waals surface area (Å²) in [6.07, 6.45) is 3.30. The lowest BCUT2D eigenvalue weighted by Gasteiger charge is -2.36. The zero-order chi connectivity index (χ0) is 40.0. The van der Waals surface area contributed by atoms with Crippen LogP contribution in [0.25, 0.3) is 11.0 Å². The Morgan fingerprint density at radius 1 is 0.944 bits per heavy atom. The molecule has 3 heterocycles. The van der Waals surface area contributed by atoms with Crippen LogP contribution in [0.1, 0.15) is 99.6 Å². The third kappa shape index (κ3) is 9.48. The van der Waals surface area contributed by atoms with Crippen molar-refractivity contribution in [2.45, 2.75) is 136 Å². The van der Waals surface area contributed by atoms with Gasteiger partial charge in [-0.25, -0.2) is 19.6 Å². The topological polar surface area (TPSA) is 163 Å². The van der Waals surface area contributed by atoms with Gasteiger partial charge in [0.15, 0.2) is 0 Å². The van der Waals surface area contributed by atoms with E-state index < -0.39 is 74.5 Å². The molecule has 0 unspecified atom stereocenters. The summed E-state index contributed by atoms with van der Waals surface area (Å²) in [5.41, 5.74) is -6.63. The van der Waals surface area contributed by atoms with E-state index in [1.807, 2.05) is 0 Å². The quantitative estimate of drug-likeness (QED) is 0.206. The van der Waals surface area contributed by atoms with Crippen molar-refractivity contribution in [2.24, 2.45) is 23.2 Å². The van der Waals surface area contributed by atoms with E-state index in [1.54, 1.807) is 48.5 Å². The molecule has 2 aromatic rings. The maximum atomic E-state index is 14.6. The van der Waals surface area contributed by atoms with Gasteiger partial charge in [-0.05, 0) is 82.3 Å². The van der Waals surface area contributed by atoms with Gasteiger partial charge < -0.3 is 28.6 Å². The molecule has 17 heteroatoms. The first-order chi connectivity index (χ1) is 24.9. The summed E-state index contributed by atoms with van der Waals surface area (Å²) < 4.78 is 85.3. The average molecular weight is 785 g/mol. The maximum Gasteiger partial charge on any atom is 0.534 e. The summed E-state index contributed by atoms with van der Waals surface area (Å²) in [6, 6.07) is 1.18. The minimum atomic E-state index is -5.95. The molecule has 1 saturated heterocycles. The third-order valence-electron chi connectivity index (χ3n) is 10.1. The zero-order valence-corrected chi connectivity index (χ0v) is 32.8. The van der Waals surface area contributed by atoms with Crippen LogP contribution in [-0.2, 0) is 35.6 Å². The molecule has 1 saturated carbocycles. The molecule has 1 aliphatic carbocycles. The number of rotatable bonds is 3. The van der Waals surface area contributed by atoms with Crippen LogP contribution in [0.3, 0.4) is 0 Å². The molecule has 1 aromatic heterocycles. The first kappa shape index (κ1) is 41.3. The van der Waals surface area contributed by atoms with Gasteiger partial charge >= 0.3 is 27.7 Å². The molecule has 7 atom stereocenters. The van der Waals surface area contributed by atoms with Crippen molar-refractivity contribution >= 4 is 39.1 Å². The number of esters is 1. The van der Waals surface area contributed by atoms with Crippen LogP contribution in [0.15, 0.2) is 18.2 Å². The SMILES string of the molecule is C[C@@H]1C[C@H]2CCCCCc3nc4ccc(OS(=O)(=O)C(F)(F)F)cc4nc3O[C@H]3CN(C(=O)[C@H](C(C)(C)C)NC(=O)O[C@@H]2C1)[C@H](C(=O)OC(C)(C)C)[C@@H]3C. The minimum absolute atomic E-state index is 0.00458. The first-order valence-electron chi connectivity index (χ1n) is 18.4. The molecule has 3 aliphatic rings. The Labute approximate surface area is 314 Å². The largest absolute Gasteiger partial charge is 0.534 e. The van der Waals surface area contributed by atoms with E-state index in [-0.39, 0.29) is 35.5 Å². The Kier molecular flexibility index (Phi) is 11.7. The van der Waals surface area contributed by atoms with Gasteiger partial charge in [-0.1, -0.05) is 47.5 Å². The summed E-state index contributed by atoms with van der Waals surface area (Å²) in [4.78, 5) is 52.5. The van der Waals surface area contributed by atoms with Crippen LogP contribution in [-0.4, -0.2) is 83.2 Å². The predicted molar refractivity (Wildman–Crippen MR) is 191 cm³/mol. The van der Waals surface area contributed by atoms with Crippen LogP contribution in [0.4, 0.5) is 18.0 Å². The fourth-order valence-electron chi connectivity index (χ4n) is 7.50. The first-order valence-corrected chi connectivity index (χ1v) is 19.8. The predicted octanol–water partition coefficient (Wildman–Crippen LogP) is 6.47. The Morgan fingerprint density at radius 3 is 2.30 bits per heavy atom.